The molecule has 1 atom stereocenters. The Hall–Kier alpha value is -1.79. The van der Waals surface area contributed by atoms with Crippen molar-refractivity contribution in [2.24, 2.45) is 5.92 Å². The Morgan fingerprint density at radius 2 is 2.29 bits per heavy atom. The van der Waals surface area contributed by atoms with Crippen LogP contribution in [0.25, 0.3) is 0 Å². The lowest BCUT2D eigenvalue weighted by Crippen LogP contribution is -2.38. The monoisotopic (exact) mass is 285 g/mol. The van der Waals surface area contributed by atoms with Gasteiger partial charge in [0.15, 0.2) is 0 Å². The lowest BCUT2D eigenvalue weighted by atomic mass is 10.0. The fraction of sp³-hybridized carbons (Fsp3) is 0.500. The van der Waals surface area contributed by atoms with Crippen LogP contribution >= 0.6 is 0 Å². The van der Waals surface area contributed by atoms with Crippen LogP contribution in [0.2, 0.25) is 0 Å². The molecule has 0 aromatic heterocycles. The van der Waals surface area contributed by atoms with E-state index in [2.05, 4.69) is 25.7 Å². The van der Waals surface area contributed by atoms with Crippen LogP contribution in [0.1, 0.15) is 49.0 Å². The van der Waals surface area contributed by atoms with Gasteiger partial charge in [0.05, 0.1) is 6.61 Å². The number of carbonyl (C=O) groups excluding carboxylic acids is 1. The summed E-state index contributed by atoms with van der Waals surface area (Å²) < 4.78 is 0. The van der Waals surface area contributed by atoms with E-state index >= 15 is 0 Å². The van der Waals surface area contributed by atoms with E-state index in [1.54, 1.807) is 0 Å². The molecule has 1 fully saturated rings. The molecule has 0 radical (unpaired) electrons. The van der Waals surface area contributed by atoms with Crippen LogP contribution in [0.15, 0.2) is 24.3 Å². The average molecular weight is 285 g/mol. The summed E-state index contributed by atoms with van der Waals surface area (Å²) >= 11 is 0. The topological polar surface area (TPSA) is 40.5 Å². The number of hydrogen-bond acceptors (Lipinski definition) is 2. The first-order valence-electron chi connectivity index (χ1n) is 7.64. The van der Waals surface area contributed by atoms with Crippen LogP contribution in [0.3, 0.4) is 0 Å². The molecule has 0 spiro atoms. The Kier molecular flexibility index (Phi) is 5.41. The van der Waals surface area contributed by atoms with E-state index in [9.17, 15) is 4.79 Å². The minimum absolute atomic E-state index is 0.0649. The third-order valence-corrected chi connectivity index (χ3v) is 3.91. The predicted octanol–water partition coefficient (Wildman–Crippen LogP) is 2.68. The second-order valence-electron chi connectivity index (χ2n) is 5.81. The van der Waals surface area contributed by atoms with Gasteiger partial charge in [0.1, 0.15) is 0 Å². The van der Waals surface area contributed by atoms with Crippen molar-refractivity contribution >= 4 is 5.91 Å². The SMILES string of the molecule is CC(C)C1CCCN1C(=O)c1cccc(C#CCCO)c1. The first kappa shape index (κ1) is 15.6. The quantitative estimate of drug-likeness (QED) is 0.867. The molecule has 1 aliphatic rings. The summed E-state index contributed by atoms with van der Waals surface area (Å²) in [5.74, 6) is 6.47. The number of amides is 1. The number of carbonyl (C=O) groups is 1. The van der Waals surface area contributed by atoms with Gasteiger partial charge in [-0.05, 0) is 37.0 Å². The zero-order valence-electron chi connectivity index (χ0n) is 12.8. The maximum absolute atomic E-state index is 12.7. The van der Waals surface area contributed by atoms with Crippen molar-refractivity contribution in [1.82, 2.24) is 4.90 Å². The molecule has 2 rings (SSSR count). The molecule has 0 aliphatic carbocycles. The Bertz CT molecular complexity index is 554. The summed E-state index contributed by atoms with van der Waals surface area (Å²) in [5, 5.41) is 8.75. The van der Waals surface area contributed by atoms with Crippen LogP contribution in [0, 0.1) is 17.8 Å². The maximum Gasteiger partial charge on any atom is 0.254 e. The lowest BCUT2D eigenvalue weighted by Gasteiger charge is -2.27. The molecular weight excluding hydrogens is 262 g/mol. The van der Waals surface area contributed by atoms with Gasteiger partial charge >= 0.3 is 0 Å². The van der Waals surface area contributed by atoms with Gasteiger partial charge in [-0.15, -0.1) is 0 Å². The fourth-order valence-electron chi connectivity index (χ4n) is 2.85. The summed E-state index contributed by atoms with van der Waals surface area (Å²) in [6, 6.07) is 7.82. The van der Waals surface area contributed by atoms with E-state index in [-0.39, 0.29) is 12.5 Å². The van der Waals surface area contributed by atoms with Gasteiger partial charge in [0, 0.05) is 30.1 Å². The first-order chi connectivity index (χ1) is 10.1. The van der Waals surface area contributed by atoms with Crippen molar-refractivity contribution < 1.29 is 9.90 Å². The minimum atomic E-state index is 0.0649. The molecule has 1 amide bonds. The number of benzene rings is 1. The third-order valence-electron chi connectivity index (χ3n) is 3.91. The van der Waals surface area contributed by atoms with Gasteiger partial charge in [-0.1, -0.05) is 31.8 Å². The van der Waals surface area contributed by atoms with Crippen LogP contribution in [-0.2, 0) is 0 Å². The molecule has 1 unspecified atom stereocenters. The molecule has 1 N–H and O–H groups in total. The van der Waals surface area contributed by atoms with Crippen LogP contribution in [0.5, 0.6) is 0 Å². The van der Waals surface area contributed by atoms with Crippen molar-refractivity contribution in [3.8, 4) is 11.8 Å². The zero-order chi connectivity index (χ0) is 15.2. The number of hydrogen-bond donors (Lipinski definition) is 1. The van der Waals surface area contributed by atoms with Crippen molar-refractivity contribution in [3.63, 3.8) is 0 Å². The highest BCUT2D eigenvalue weighted by Gasteiger charge is 2.31. The molecule has 0 saturated carbocycles. The molecule has 1 heterocycles. The van der Waals surface area contributed by atoms with Crippen molar-refractivity contribution in [2.45, 2.75) is 39.2 Å². The average Bonchev–Trinajstić information content (AvgIpc) is 2.97. The van der Waals surface area contributed by atoms with Gasteiger partial charge in [0.25, 0.3) is 5.91 Å². The van der Waals surface area contributed by atoms with E-state index < -0.39 is 0 Å². The zero-order valence-corrected chi connectivity index (χ0v) is 12.8. The number of likely N-dealkylation sites (tertiary alicyclic amines) is 1. The smallest absolute Gasteiger partial charge is 0.254 e. The molecule has 1 aromatic rings. The molecule has 1 aromatic carbocycles. The highest BCUT2D eigenvalue weighted by Crippen LogP contribution is 2.25. The van der Waals surface area contributed by atoms with Crippen LogP contribution in [-0.4, -0.2) is 35.1 Å². The summed E-state index contributed by atoms with van der Waals surface area (Å²) in [6.45, 7) is 5.26. The molecular formula is C18H23NO2. The molecule has 1 saturated heterocycles. The van der Waals surface area contributed by atoms with Crippen molar-refractivity contribution in [1.29, 1.82) is 0 Å². The Balaban J connectivity index is 2.16. The van der Waals surface area contributed by atoms with E-state index in [4.69, 9.17) is 5.11 Å². The maximum atomic E-state index is 12.7. The van der Waals surface area contributed by atoms with Gasteiger partial charge in [-0.25, -0.2) is 0 Å². The number of aliphatic hydroxyl groups is 1. The second-order valence-corrected chi connectivity index (χ2v) is 5.81. The van der Waals surface area contributed by atoms with Gasteiger partial charge in [-0.2, -0.15) is 0 Å². The predicted molar refractivity (Wildman–Crippen MR) is 83.9 cm³/mol. The van der Waals surface area contributed by atoms with Crippen LogP contribution < -0.4 is 0 Å². The number of nitrogens with zero attached hydrogens (tertiary/aromatic N) is 1. The first-order valence-corrected chi connectivity index (χ1v) is 7.64. The third kappa shape index (κ3) is 3.86. The summed E-state index contributed by atoms with van der Waals surface area (Å²) in [7, 11) is 0. The fourth-order valence-corrected chi connectivity index (χ4v) is 2.85. The molecule has 0 bridgehead atoms. The van der Waals surface area contributed by atoms with Crippen LogP contribution in [0.4, 0.5) is 0 Å². The standard InChI is InChI=1S/C18H23NO2/c1-14(2)17-10-6-11-19(17)18(21)16-9-5-8-15(13-16)7-3-4-12-20/h5,8-9,13-14,17,20H,4,6,10-12H2,1-2H3. The van der Waals surface area contributed by atoms with E-state index in [0.29, 0.717) is 23.9 Å². The van der Waals surface area contributed by atoms with E-state index in [1.807, 2.05) is 29.2 Å². The highest BCUT2D eigenvalue weighted by molar-refractivity contribution is 5.95. The Labute approximate surface area is 127 Å². The van der Waals surface area contributed by atoms with Gasteiger partial charge in [-0.3, -0.25) is 4.79 Å². The number of aliphatic hydroxyl groups excluding tert-OH is 1. The van der Waals surface area contributed by atoms with Crippen molar-refractivity contribution in [3.05, 3.63) is 35.4 Å². The largest absolute Gasteiger partial charge is 0.395 e. The molecule has 3 heteroatoms. The Morgan fingerprint density at radius 3 is 3.00 bits per heavy atom. The normalized spacial score (nSPS) is 17.7. The summed E-state index contributed by atoms with van der Waals surface area (Å²) in [6.07, 6.45) is 2.64. The highest BCUT2D eigenvalue weighted by atomic mass is 16.2. The minimum Gasteiger partial charge on any atom is -0.395 e. The summed E-state index contributed by atoms with van der Waals surface area (Å²) in [4.78, 5) is 14.7. The Morgan fingerprint density at radius 1 is 1.48 bits per heavy atom. The molecule has 3 nitrogen and oxygen atoms in total. The van der Waals surface area contributed by atoms with E-state index in [0.717, 1.165) is 24.9 Å². The molecule has 112 valence electrons. The van der Waals surface area contributed by atoms with Gasteiger partial charge < -0.3 is 10.0 Å². The molecule has 21 heavy (non-hydrogen) atoms. The van der Waals surface area contributed by atoms with E-state index in [1.165, 1.54) is 0 Å². The second kappa shape index (κ2) is 7.28. The molecule has 1 aliphatic heterocycles. The number of rotatable bonds is 3. The van der Waals surface area contributed by atoms with Crippen molar-refractivity contribution in [2.75, 3.05) is 13.2 Å². The summed E-state index contributed by atoms with van der Waals surface area (Å²) in [5.41, 5.74) is 1.54. The van der Waals surface area contributed by atoms with Gasteiger partial charge in [0.2, 0.25) is 0 Å². The lowest BCUT2D eigenvalue weighted by molar-refractivity contribution is 0.0701.